The van der Waals surface area contributed by atoms with Gasteiger partial charge >= 0.3 is 11.9 Å². The summed E-state index contributed by atoms with van der Waals surface area (Å²) in [6, 6.07) is 16.5. The van der Waals surface area contributed by atoms with Crippen LogP contribution in [0, 0.1) is 17.3 Å². The zero-order valence-electron chi connectivity index (χ0n) is 23.4. The predicted molar refractivity (Wildman–Crippen MR) is 150 cm³/mol. The molecule has 2 rings (SSSR count). The number of carboxylic acids is 1. The zero-order chi connectivity index (χ0) is 27.0. The van der Waals surface area contributed by atoms with E-state index < -0.39 is 5.97 Å². The lowest BCUT2D eigenvalue weighted by atomic mass is 9.84. The molecule has 2 aromatic rings. The van der Waals surface area contributed by atoms with Crippen LogP contribution in [0.2, 0.25) is 0 Å². The first kappa shape index (κ1) is 31.4. The molecule has 0 aromatic heterocycles. The van der Waals surface area contributed by atoms with Gasteiger partial charge in [0.25, 0.3) is 0 Å². The van der Waals surface area contributed by atoms with Gasteiger partial charge in [-0.25, -0.2) is 9.59 Å². The van der Waals surface area contributed by atoms with Crippen molar-refractivity contribution >= 4 is 11.9 Å². The highest BCUT2D eigenvalue weighted by Gasteiger charge is 2.16. The molecule has 0 aliphatic rings. The number of esters is 1. The molecule has 36 heavy (non-hydrogen) atoms. The Morgan fingerprint density at radius 1 is 0.833 bits per heavy atom. The monoisotopic (exact) mass is 496 g/mol. The van der Waals surface area contributed by atoms with Gasteiger partial charge in [-0.3, -0.25) is 0 Å². The van der Waals surface area contributed by atoms with Crippen LogP contribution in [0.25, 0.3) is 0 Å². The van der Waals surface area contributed by atoms with Gasteiger partial charge in [0.2, 0.25) is 0 Å². The normalized spacial score (nSPS) is 12.0. The Bertz CT molecular complexity index is 881. The van der Waals surface area contributed by atoms with Crippen LogP contribution in [0.4, 0.5) is 0 Å². The number of unbranched alkanes of at least 4 members (excludes halogenated alkanes) is 3. The van der Waals surface area contributed by atoms with Gasteiger partial charge in [-0.2, -0.15) is 0 Å². The summed E-state index contributed by atoms with van der Waals surface area (Å²) in [5.74, 6) is 0.329. The molecule has 0 saturated heterocycles. The first-order valence-corrected chi connectivity index (χ1v) is 13.5. The highest BCUT2D eigenvalue weighted by molar-refractivity contribution is 5.89. The molecule has 0 fully saturated rings. The average molecular weight is 497 g/mol. The van der Waals surface area contributed by atoms with Crippen molar-refractivity contribution in [3.63, 3.8) is 0 Å². The molecule has 2 aromatic carbocycles. The smallest absolute Gasteiger partial charge is 0.338 e. The van der Waals surface area contributed by atoms with E-state index in [-0.39, 0.29) is 5.97 Å². The van der Waals surface area contributed by atoms with Crippen molar-refractivity contribution in [3.8, 4) is 0 Å². The van der Waals surface area contributed by atoms with E-state index >= 15 is 0 Å². The van der Waals surface area contributed by atoms with E-state index in [1.165, 1.54) is 25.7 Å². The fourth-order valence-electron chi connectivity index (χ4n) is 4.33. The molecule has 4 nitrogen and oxygen atoms in total. The first-order valence-electron chi connectivity index (χ1n) is 13.5. The van der Waals surface area contributed by atoms with Crippen molar-refractivity contribution in [3.05, 3.63) is 71.3 Å². The number of carbonyl (C=O) groups is 2. The van der Waals surface area contributed by atoms with Gasteiger partial charge in [-0.05, 0) is 66.7 Å². The summed E-state index contributed by atoms with van der Waals surface area (Å²) in [6.45, 7) is 13.9. The zero-order valence-corrected chi connectivity index (χ0v) is 23.4. The Kier molecular flexibility index (Phi) is 14.8. The molecule has 0 spiro atoms. The Morgan fingerprint density at radius 3 is 2.06 bits per heavy atom. The molecule has 0 radical (unpaired) electrons. The second-order valence-corrected chi connectivity index (χ2v) is 11.5. The number of aromatic carboxylic acids is 1. The van der Waals surface area contributed by atoms with Crippen molar-refractivity contribution in [2.75, 3.05) is 6.61 Å². The standard InChI is InChI=1S/2C16H24O2/c1-13(12-16(2,3)4)10-11-18-15(17)14-8-6-5-7-9-14;1-13(2)9-5-3-4-6-10-14-11-7-8-12-15(14)16(17)18/h5-9,13H,10-12H2,1-4H3;7-8,11-13H,3-6,9-10H2,1-2H3,(H,17,18). The van der Waals surface area contributed by atoms with Crippen LogP contribution in [0.5, 0.6) is 0 Å². The van der Waals surface area contributed by atoms with E-state index in [0.717, 1.165) is 37.2 Å². The summed E-state index contributed by atoms with van der Waals surface area (Å²) >= 11 is 0. The number of carboxylic acid groups (broad SMARTS) is 1. The fraction of sp³-hybridized carbons (Fsp3) is 0.562. The van der Waals surface area contributed by atoms with E-state index in [4.69, 9.17) is 9.84 Å². The molecule has 0 aliphatic heterocycles. The summed E-state index contributed by atoms with van der Waals surface area (Å²) in [6.07, 6.45) is 9.08. The summed E-state index contributed by atoms with van der Waals surface area (Å²) in [5.41, 5.74) is 2.39. The molecule has 0 amide bonds. The van der Waals surface area contributed by atoms with Crippen LogP contribution in [0.3, 0.4) is 0 Å². The molecule has 1 N–H and O–H groups in total. The second-order valence-electron chi connectivity index (χ2n) is 11.5. The molecule has 200 valence electrons. The van der Waals surface area contributed by atoms with E-state index in [2.05, 4.69) is 41.5 Å². The number of rotatable bonds is 13. The topological polar surface area (TPSA) is 63.6 Å². The number of carbonyl (C=O) groups excluding carboxylic acids is 1. The lowest BCUT2D eigenvalue weighted by Gasteiger charge is -2.22. The van der Waals surface area contributed by atoms with E-state index in [9.17, 15) is 9.59 Å². The second kappa shape index (κ2) is 16.9. The van der Waals surface area contributed by atoms with Gasteiger partial charge in [-0.15, -0.1) is 0 Å². The maximum absolute atomic E-state index is 11.7. The molecule has 0 aliphatic carbocycles. The third-order valence-corrected chi connectivity index (χ3v) is 6.04. The summed E-state index contributed by atoms with van der Waals surface area (Å²) in [5, 5.41) is 9.07. The Hall–Kier alpha value is -2.62. The van der Waals surface area contributed by atoms with Crippen LogP contribution in [0.15, 0.2) is 54.6 Å². The molecule has 0 bridgehead atoms. The number of benzene rings is 2. The molecule has 4 heteroatoms. The minimum absolute atomic E-state index is 0.224. The minimum atomic E-state index is -0.814. The summed E-state index contributed by atoms with van der Waals surface area (Å²) in [7, 11) is 0. The number of hydrogen-bond acceptors (Lipinski definition) is 3. The molecule has 0 heterocycles. The van der Waals surface area contributed by atoms with Gasteiger partial charge in [0.15, 0.2) is 0 Å². The maximum Gasteiger partial charge on any atom is 0.338 e. The van der Waals surface area contributed by atoms with E-state index in [1.807, 2.05) is 30.3 Å². The number of ether oxygens (including phenoxy) is 1. The average Bonchev–Trinajstić information content (AvgIpc) is 2.81. The molecular formula is C32H48O4. The Morgan fingerprint density at radius 2 is 1.44 bits per heavy atom. The third-order valence-electron chi connectivity index (χ3n) is 6.04. The number of aryl methyl sites for hydroxylation is 1. The first-order chi connectivity index (χ1) is 17.0. The van der Waals surface area contributed by atoms with E-state index in [0.29, 0.717) is 29.1 Å². The molecule has 1 atom stereocenters. The van der Waals surface area contributed by atoms with Gasteiger partial charge in [-0.1, -0.05) is 104 Å². The predicted octanol–water partition coefficient (Wildman–Crippen LogP) is 8.84. The Labute approximate surface area is 219 Å². The van der Waals surface area contributed by atoms with Gasteiger partial charge < -0.3 is 9.84 Å². The SMILES string of the molecule is CC(C)CCCCCCc1ccccc1C(=O)O.CC(CCOC(=O)c1ccccc1)CC(C)(C)C. The maximum atomic E-state index is 11.7. The third kappa shape index (κ3) is 14.7. The van der Waals surface area contributed by atoms with Crippen molar-refractivity contribution in [2.24, 2.45) is 17.3 Å². The molecule has 1 unspecified atom stereocenters. The van der Waals surface area contributed by atoms with Gasteiger partial charge in [0.05, 0.1) is 17.7 Å². The fourth-order valence-corrected chi connectivity index (χ4v) is 4.33. The van der Waals surface area contributed by atoms with Crippen LogP contribution in [-0.4, -0.2) is 23.7 Å². The van der Waals surface area contributed by atoms with Crippen LogP contribution in [0.1, 0.15) is 113 Å². The van der Waals surface area contributed by atoms with E-state index in [1.54, 1.807) is 24.3 Å². The lowest BCUT2D eigenvalue weighted by molar-refractivity contribution is 0.0478. The van der Waals surface area contributed by atoms with Crippen molar-refractivity contribution in [1.82, 2.24) is 0 Å². The van der Waals surface area contributed by atoms with Crippen LogP contribution < -0.4 is 0 Å². The van der Waals surface area contributed by atoms with Gasteiger partial charge in [0.1, 0.15) is 0 Å². The van der Waals surface area contributed by atoms with Crippen molar-refractivity contribution in [1.29, 1.82) is 0 Å². The highest BCUT2D eigenvalue weighted by atomic mass is 16.5. The molecule has 0 saturated carbocycles. The molecular weight excluding hydrogens is 448 g/mol. The number of hydrogen-bond donors (Lipinski definition) is 1. The summed E-state index contributed by atoms with van der Waals surface area (Å²) < 4.78 is 5.27. The highest BCUT2D eigenvalue weighted by Crippen LogP contribution is 2.25. The minimum Gasteiger partial charge on any atom is -0.478 e. The quantitative estimate of drug-likeness (QED) is 0.222. The van der Waals surface area contributed by atoms with Gasteiger partial charge in [0, 0.05) is 0 Å². The lowest BCUT2D eigenvalue weighted by Crippen LogP contribution is -2.14. The van der Waals surface area contributed by atoms with Crippen molar-refractivity contribution < 1.29 is 19.4 Å². The van der Waals surface area contributed by atoms with Crippen LogP contribution >= 0.6 is 0 Å². The largest absolute Gasteiger partial charge is 0.478 e. The van der Waals surface area contributed by atoms with Crippen LogP contribution in [-0.2, 0) is 11.2 Å². The van der Waals surface area contributed by atoms with Crippen molar-refractivity contribution in [2.45, 2.75) is 92.9 Å². The Balaban J connectivity index is 0.000000360. The summed E-state index contributed by atoms with van der Waals surface area (Å²) in [4.78, 5) is 22.7.